The molecule has 0 saturated carbocycles. The predicted octanol–water partition coefficient (Wildman–Crippen LogP) is 2.38. The molecular weight excluding hydrogens is 313 g/mol. The van der Waals surface area contributed by atoms with E-state index in [2.05, 4.69) is 4.72 Å². The Bertz CT molecular complexity index is 574. The summed E-state index contributed by atoms with van der Waals surface area (Å²) in [5.41, 5.74) is 0. The summed E-state index contributed by atoms with van der Waals surface area (Å²) in [7, 11) is -3.80. The van der Waals surface area contributed by atoms with E-state index in [0.717, 1.165) is 0 Å². The van der Waals surface area contributed by atoms with Gasteiger partial charge in [-0.15, -0.1) is 0 Å². The molecule has 0 bridgehead atoms. The number of carboxylic acids is 1. The quantitative estimate of drug-likeness (QED) is 0.841. The molecular formula is C11H13Cl2NO4S. The first kappa shape index (κ1) is 16.2. The summed E-state index contributed by atoms with van der Waals surface area (Å²) in [5.74, 6) is -1.31. The highest BCUT2D eigenvalue weighted by Crippen LogP contribution is 2.24. The molecule has 0 aliphatic rings. The van der Waals surface area contributed by atoms with Crippen LogP contribution in [0.3, 0.4) is 0 Å². The van der Waals surface area contributed by atoms with Crippen molar-refractivity contribution in [1.82, 2.24) is 4.72 Å². The van der Waals surface area contributed by atoms with Gasteiger partial charge in [-0.05, 0) is 24.1 Å². The molecule has 0 aliphatic carbocycles. The zero-order chi connectivity index (χ0) is 14.6. The summed E-state index contributed by atoms with van der Waals surface area (Å²) < 4.78 is 26.3. The monoisotopic (exact) mass is 325 g/mol. The van der Waals surface area contributed by atoms with Crippen LogP contribution in [0, 0.1) is 5.92 Å². The highest BCUT2D eigenvalue weighted by atomic mass is 35.5. The van der Waals surface area contributed by atoms with Crippen LogP contribution in [0.1, 0.15) is 13.3 Å². The molecule has 1 atom stereocenters. The minimum Gasteiger partial charge on any atom is -0.481 e. The van der Waals surface area contributed by atoms with Gasteiger partial charge in [0.05, 0.1) is 5.02 Å². The van der Waals surface area contributed by atoms with Gasteiger partial charge in [-0.2, -0.15) is 0 Å². The van der Waals surface area contributed by atoms with Crippen LogP contribution < -0.4 is 4.72 Å². The van der Waals surface area contributed by atoms with Crippen molar-refractivity contribution in [2.45, 2.75) is 18.2 Å². The molecule has 0 spiro atoms. The molecule has 1 unspecified atom stereocenters. The van der Waals surface area contributed by atoms with E-state index in [1.807, 2.05) is 0 Å². The van der Waals surface area contributed by atoms with Gasteiger partial charge in [0.2, 0.25) is 10.0 Å². The third kappa shape index (κ3) is 4.99. The number of carbonyl (C=O) groups is 1. The van der Waals surface area contributed by atoms with Gasteiger partial charge in [0.25, 0.3) is 0 Å². The van der Waals surface area contributed by atoms with E-state index >= 15 is 0 Å². The molecule has 19 heavy (non-hydrogen) atoms. The summed E-state index contributed by atoms with van der Waals surface area (Å²) >= 11 is 11.5. The Morgan fingerprint density at radius 1 is 1.42 bits per heavy atom. The first-order valence-electron chi connectivity index (χ1n) is 5.39. The highest BCUT2D eigenvalue weighted by Gasteiger charge is 2.19. The van der Waals surface area contributed by atoms with E-state index < -0.39 is 16.0 Å². The lowest BCUT2D eigenvalue weighted by Gasteiger charge is -2.12. The van der Waals surface area contributed by atoms with Crippen LogP contribution in [0.15, 0.2) is 23.1 Å². The van der Waals surface area contributed by atoms with Crippen LogP contribution in [-0.4, -0.2) is 26.0 Å². The van der Waals surface area contributed by atoms with Crippen molar-refractivity contribution in [2.24, 2.45) is 5.92 Å². The fourth-order valence-corrected chi connectivity index (χ4v) is 3.31. The normalized spacial score (nSPS) is 13.2. The molecule has 5 nitrogen and oxygen atoms in total. The summed E-state index contributed by atoms with van der Waals surface area (Å²) in [6, 6.07) is 4.11. The lowest BCUT2D eigenvalue weighted by Crippen LogP contribution is -2.29. The zero-order valence-electron chi connectivity index (χ0n) is 10.1. The van der Waals surface area contributed by atoms with Gasteiger partial charge in [-0.3, -0.25) is 4.79 Å². The molecule has 0 aliphatic heterocycles. The summed E-state index contributed by atoms with van der Waals surface area (Å²) in [6.07, 6.45) is -0.119. The maximum atomic E-state index is 12.0. The van der Waals surface area contributed by atoms with E-state index in [9.17, 15) is 13.2 Å². The number of aliphatic carboxylic acids is 1. The maximum Gasteiger partial charge on any atom is 0.303 e. The fourth-order valence-electron chi connectivity index (χ4n) is 1.38. The minimum absolute atomic E-state index is 0.0114. The smallest absolute Gasteiger partial charge is 0.303 e. The Morgan fingerprint density at radius 3 is 2.63 bits per heavy atom. The Labute approximate surface area is 121 Å². The topological polar surface area (TPSA) is 83.5 Å². The summed E-state index contributed by atoms with van der Waals surface area (Å²) in [6.45, 7) is 1.65. The van der Waals surface area contributed by atoms with Gasteiger partial charge in [-0.25, -0.2) is 13.1 Å². The van der Waals surface area contributed by atoms with Gasteiger partial charge in [0.1, 0.15) is 4.90 Å². The molecule has 2 N–H and O–H groups in total. The van der Waals surface area contributed by atoms with Gasteiger partial charge in [-0.1, -0.05) is 30.1 Å². The van der Waals surface area contributed by atoms with Crippen LogP contribution in [0.5, 0.6) is 0 Å². The molecule has 0 radical (unpaired) electrons. The number of rotatable bonds is 6. The van der Waals surface area contributed by atoms with Crippen LogP contribution >= 0.6 is 23.2 Å². The number of benzene rings is 1. The minimum atomic E-state index is -3.80. The molecule has 1 rings (SSSR count). The number of carboxylic acid groups (broad SMARTS) is 1. The summed E-state index contributed by atoms with van der Waals surface area (Å²) in [5, 5.41) is 8.91. The Kier molecular flexibility index (Phi) is 5.61. The van der Waals surface area contributed by atoms with E-state index in [-0.39, 0.29) is 33.8 Å². The van der Waals surface area contributed by atoms with Crippen molar-refractivity contribution in [3.63, 3.8) is 0 Å². The van der Waals surface area contributed by atoms with Crippen molar-refractivity contribution in [3.05, 3.63) is 28.2 Å². The third-order valence-electron chi connectivity index (χ3n) is 2.33. The number of hydrogen-bond acceptors (Lipinski definition) is 3. The van der Waals surface area contributed by atoms with Crippen LogP contribution in [-0.2, 0) is 14.8 Å². The van der Waals surface area contributed by atoms with Crippen LogP contribution in [0.25, 0.3) is 0 Å². The maximum absolute atomic E-state index is 12.0. The second-order valence-electron chi connectivity index (χ2n) is 4.13. The lowest BCUT2D eigenvalue weighted by molar-refractivity contribution is -0.137. The molecule has 0 heterocycles. The van der Waals surface area contributed by atoms with Gasteiger partial charge >= 0.3 is 5.97 Å². The van der Waals surface area contributed by atoms with Gasteiger partial charge < -0.3 is 5.11 Å². The molecule has 8 heteroatoms. The number of sulfonamides is 1. The van der Waals surface area contributed by atoms with Crippen LogP contribution in [0.4, 0.5) is 0 Å². The molecule has 1 aromatic rings. The van der Waals surface area contributed by atoms with Crippen molar-refractivity contribution in [2.75, 3.05) is 6.54 Å². The van der Waals surface area contributed by atoms with Crippen molar-refractivity contribution < 1.29 is 18.3 Å². The molecule has 0 aromatic heterocycles. The lowest BCUT2D eigenvalue weighted by atomic mass is 10.1. The van der Waals surface area contributed by atoms with E-state index in [1.54, 1.807) is 6.92 Å². The standard InChI is InChI=1S/C11H13Cl2NO4S/c1-7(4-11(15)16)6-14-19(17,18)10-5-8(12)2-3-9(10)13/h2-3,5,7,14H,4,6H2,1H3,(H,15,16). The van der Waals surface area contributed by atoms with E-state index in [0.29, 0.717) is 0 Å². The Hall–Kier alpha value is -0.820. The molecule has 106 valence electrons. The fraction of sp³-hybridized carbons (Fsp3) is 0.364. The van der Waals surface area contributed by atoms with E-state index in [1.165, 1.54) is 18.2 Å². The third-order valence-corrected chi connectivity index (χ3v) is 4.47. The van der Waals surface area contributed by atoms with E-state index in [4.69, 9.17) is 28.3 Å². The first-order chi connectivity index (χ1) is 8.72. The van der Waals surface area contributed by atoms with Gasteiger partial charge in [0, 0.05) is 18.0 Å². The molecule has 0 fully saturated rings. The second kappa shape index (κ2) is 6.56. The van der Waals surface area contributed by atoms with Crippen molar-refractivity contribution >= 4 is 39.2 Å². The van der Waals surface area contributed by atoms with Crippen molar-refractivity contribution in [1.29, 1.82) is 0 Å². The Morgan fingerprint density at radius 2 is 2.05 bits per heavy atom. The number of hydrogen-bond donors (Lipinski definition) is 2. The van der Waals surface area contributed by atoms with Crippen molar-refractivity contribution in [3.8, 4) is 0 Å². The summed E-state index contributed by atoms with van der Waals surface area (Å²) in [4.78, 5) is 10.4. The molecule has 1 aromatic carbocycles. The van der Waals surface area contributed by atoms with Crippen LogP contribution in [0.2, 0.25) is 10.0 Å². The zero-order valence-corrected chi connectivity index (χ0v) is 12.4. The SMILES string of the molecule is CC(CNS(=O)(=O)c1cc(Cl)ccc1Cl)CC(=O)O. The highest BCUT2D eigenvalue weighted by molar-refractivity contribution is 7.89. The largest absolute Gasteiger partial charge is 0.481 e. The first-order valence-corrected chi connectivity index (χ1v) is 7.63. The average molecular weight is 326 g/mol. The predicted molar refractivity (Wildman–Crippen MR) is 73.1 cm³/mol. The molecule has 0 amide bonds. The second-order valence-corrected chi connectivity index (χ2v) is 6.71. The number of nitrogens with one attached hydrogen (secondary N) is 1. The average Bonchev–Trinajstić information content (AvgIpc) is 2.29. The number of halogens is 2. The molecule has 0 saturated heterocycles. The van der Waals surface area contributed by atoms with Gasteiger partial charge in [0.15, 0.2) is 0 Å². The Balaban J connectivity index is 2.81.